The van der Waals surface area contributed by atoms with E-state index in [0.29, 0.717) is 0 Å². The normalized spacial score (nSPS) is 9.79. The van der Waals surface area contributed by atoms with Crippen LogP contribution >= 0.6 is 11.6 Å². The van der Waals surface area contributed by atoms with Crippen molar-refractivity contribution in [2.75, 3.05) is 0 Å². The van der Waals surface area contributed by atoms with Crippen molar-refractivity contribution in [1.29, 1.82) is 0 Å². The second-order valence-electron chi connectivity index (χ2n) is 3.17. The number of benzene rings is 1. The predicted molar refractivity (Wildman–Crippen MR) is 60.3 cm³/mol. The molecule has 1 heterocycles. The Balaban J connectivity index is 2.16. The Morgan fingerprint density at radius 1 is 0.929 bits per heavy atom. The monoisotopic (exact) mass is 202 g/mol. The molecule has 2 rings (SSSR count). The molecule has 0 amide bonds. The Bertz CT molecular complexity index is 399. The molecule has 1 nitrogen and oxygen atoms in total. The maximum Gasteiger partial charge on any atom is 0.507 e. The van der Waals surface area contributed by atoms with E-state index in [-0.39, 0.29) is 0 Å². The Morgan fingerprint density at radius 3 is 2.21 bits per heavy atom. The molecule has 68 valence electrons. The predicted octanol–water partition coefficient (Wildman–Crippen LogP) is 1.15. The Kier molecular flexibility index (Phi) is 2.85. The fourth-order valence-electron chi connectivity index (χ4n) is 1.34. The Morgan fingerprint density at radius 2 is 1.57 bits per heavy atom. The molecule has 0 saturated carbocycles. The van der Waals surface area contributed by atoms with E-state index in [1.165, 1.54) is 5.46 Å². The fraction of sp³-hybridized carbons (Fsp3) is 0. The topological polar surface area (TPSA) is 3.88 Å². The van der Waals surface area contributed by atoms with E-state index in [2.05, 4.69) is 16.9 Å². The molecule has 0 atom stereocenters. The van der Waals surface area contributed by atoms with Gasteiger partial charge in [0, 0.05) is 5.02 Å². The lowest BCUT2D eigenvalue weighted by atomic mass is 9.82. The van der Waals surface area contributed by atoms with Crippen LogP contribution in [0.2, 0.25) is 5.02 Å². The van der Waals surface area contributed by atoms with Crippen molar-refractivity contribution < 1.29 is 4.48 Å². The third kappa shape index (κ3) is 2.36. The van der Waals surface area contributed by atoms with Crippen molar-refractivity contribution in [3.05, 3.63) is 59.9 Å². The third-order valence-electron chi connectivity index (χ3n) is 2.06. The summed E-state index contributed by atoms with van der Waals surface area (Å²) in [5.74, 6) is 0. The highest BCUT2D eigenvalue weighted by molar-refractivity contribution is 6.45. The van der Waals surface area contributed by atoms with Gasteiger partial charge < -0.3 is 0 Å². The van der Waals surface area contributed by atoms with Gasteiger partial charge in [-0.1, -0.05) is 29.8 Å². The standard InChI is InChI=1S/C11H10BClN/c13-11-6-4-10(5-7-11)12-14-8-2-1-3-9-14/h1-9,12H/q+1. The molecule has 1 aromatic carbocycles. The minimum atomic E-state index is 0.784. The molecule has 0 aliphatic rings. The zero-order valence-electron chi connectivity index (χ0n) is 7.73. The number of pyridine rings is 1. The summed E-state index contributed by atoms with van der Waals surface area (Å²) in [5.41, 5.74) is 1.26. The molecule has 0 fully saturated rings. The first-order valence-electron chi connectivity index (χ1n) is 4.53. The summed E-state index contributed by atoms with van der Waals surface area (Å²) in [7, 11) is 0.887. The molecule has 14 heavy (non-hydrogen) atoms. The first-order valence-corrected chi connectivity index (χ1v) is 4.91. The van der Waals surface area contributed by atoms with Gasteiger partial charge in [-0.25, -0.2) is 0 Å². The van der Waals surface area contributed by atoms with E-state index in [4.69, 9.17) is 11.6 Å². The van der Waals surface area contributed by atoms with Crippen molar-refractivity contribution in [2.45, 2.75) is 0 Å². The molecule has 3 heteroatoms. The van der Waals surface area contributed by atoms with E-state index in [1.54, 1.807) is 0 Å². The smallest absolute Gasteiger partial charge is 0.289 e. The molecular formula is C11H10BClN+. The first kappa shape index (κ1) is 9.29. The Hall–Kier alpha value is -1.28. The summed E-state index contributed by atoms with van der Waals surface area (Å²) in [6, 6.07) is 14.0. The molecule has 1 aromatic heterocycles. The van der Waals surface area contributed by atoms with Crippen molar-refractivity contribution in [3.63, 3.8) is 0 Å². The minimum Gasteiger partial charge on any atom is -0.289 e. The maximum absolute atomic E-state index is 5.81. The number of hydrogen-bond acceptors (Lipinski definition) is 0. The summed E-state index contributed by atoms with van der Waals surface area (Å²) in [6.07, 6.45) is 4.10. The molecular weight excluding hydrogens is 192 g/mol. The summed E-state index contributed by atoms with van der Waals surface area (Å²) >= 11 is 5.81. The minimum absolute atomic E-state index is 0.784. The van der Waals surface area contributed by atoms with E-state index in [1.807, 2.05) is 42.5 Å². The largest absolute Gasteiger partial charge is 0.507 e. The molecule has 0 spiro atoms. The van der Waals surface area contributed by atoms with Gasteiger partial charge in [0.1, 0.15) is 12.4 Å². The molecule has 0 radical (unpaired) electrons. The zero-order valence-corrected chi connectivity index (χ0v) is 8.48. The van der Waals surface area contributed by atoms with Gasteiger partial charge in [0.15, 0.2) is 0 Å². The van der Waals surface area contributed by atoms with Crippen LogP contribution in [0.15, 0.2) is 54.9 Å². The number of hydrogen-bond donors (Lipinski definition) is 0. The van der Waals surface area contributed by atoms with Crippen LogP contribution in [-0.4, -0.2) is 7.41 Å². The maximum atomic E-state index is 5.81. The van der Waals surface area contributed by atoms with Crippen molar-refractivity contribution in [1.82, 2.24) is 0 Å². The average molecular weight is 202 g/mol. The molecule has 2 aromatic rings. The van der Waals surface area contributed by atoms with E-state index >= 15 is 0 Å². The first-order chi connectivity index (χ1) is 6.84. The van der Waals surface area contributed by atoms with Gasteiger partial charge >= 0.3 is 7.41 Å². The van der Waals surface area contributed by atoms with Crippen molar-refractivity contribution >= 4 is 24.5 Å². The quantitative estimate of drug-likeness (QED) is 0.644. The van der Waals surface area contributed by atoms with Crippen LogP contribution in [0.25, 0.3) is 0 Å². The van der Waals surface area contributed by atoms with Crippen molar-refractivity contribution in [2.24, 2.45) is 0 Å². The lowest BCUT2D eigenvalue weighted by Gasteiger charge is -1.94. The van der Waals surface area contributed by atoms with Gasteiger partial charge in [-0.15, -0.1) is 0 Å². The number of nitrogens with zero attached hydrogens (tertiary/aromatic N) is 1. The summed E-state index contributed by atoms with van der Waals surface area (Å²) in [6.45, 7) is 0. The lowest BCUT2D eigenvalue weighted by molar-refractivity contribution is -0.527. The molecule has 0 unspecified atom stereocenters. The molecule has 0 bridgehead atoms. The third-order valence-corrected chi connectivity index (χ3v) is 2.31. The molecule has 0 saturated heterocycles. The van der Waals surface area contributed by atoms with Crippen LogP contribution in [0.3, 0.4) is 0 Å². The highest BCUT2D eigenvalue weighted by Crippen LogP contribution is 2.02. The van der Waals surface area contributed by atoms with Gasteiger partial charge in [0.05, 0.1) is 0 Å². The highest BCUT2D eigenvalue weighted by atomic mass is 35.5. The fourth-order valence-corrected chi connectivity index (χ4v) is 1.47. The number of halogens is 1. The number of rotatable bonds is 2. The molecule has 0 aliphatic carbocycles. The van der Waals surface area contributed by atoms with Crippen LogP contribution in [0.1, 0.15) is 0 Å². The molecule has 0 N–H and O–H groups in total. The number of aromatic nitrogens is 1. The van der Waals surface area contributed by atoms with Crippen LogP contribution in [0.5, 0.6) is 0 Å². The van der Waals surface area contributed by atoms with Gasteiger partial charge in [-0.2, -0.15) is 0 Å². The van der Waals surface area contributed by atoms with E-state index in [0.717, 1.165) is 12.4 Å². The lowest BCUT2D eigenvalue weighted by Crippen LogP contribution is -2.45. The highest BCUT2D eigenvalue weighted by Gasteiger charge is 2.06. The summed E-state index contributed by atoms with van der Waals surface area (Å²) in [5, 5.41) is 0.784. The zero-order chi connectivity index (χ0) is 9.80. The second-order valence-corrected chi connectivity index (χ2v) is 3.61. The van der Waals surface area contributed by atoms with Crippen LogP contribution in [0, 0.1) is 0 Å². The van der Waals surface area contributed by atoms with Crippen molar-refractivity contribution in [3.8, 4) is 0 Å². The van der Waals surface area contributed by atoms with Crippen LogP contribution in [0.4, 0.5) is 0 Å². The van der Waals surface area contributed by atoms with Gasteiger partial charge in [0.2, 0.25) is 0 Å². The van der Waals surface area contributed by atoms with E-state index < -0.39 is 0 Å². The SMILES string of the molecule is Clc1ccc(B[n+]2ccccc2)cc1. The molecule has 0 aliphatic heterocycles. The van der Waals surface area contributed by atoms with Gasteiger partial charge in [-0.05, 0) is 29.7 Å². The second kappa shape index (κ2) is 4.29. The Labute approximate surface area is 89.2 Å². The van der Waals surface area contributed by atoms with E-state index in [9.17, 15) is 0 Å². The summed E-state index contributed by atoms with van der Waals surface area (Å²) in [4.78, 5) is 0. The summed E-state index contributed by atoms with van der Waals surface area (Å²) < 4.78 is 2.13. The van der Waals surface area contributed by atoms with Gasteiger partial charge in [0.25, 0.3) is 0 Å². The van der Waals surface area contributed by atoms with Crippen LogP contribution < -0.4 is 9.94 Å². The van der Waals surface area contributed by atoms with Gasteiger partial charge in [-0.3, -0.25) is 4.48 Å². The van der Waals surface area contributed by atoms with Crippen LogP contribution in [-0.2, 0) is 0 Å². The average Bonchev–Trinajstić information content (AvgIpc) is 2.23.